The summed E-state index contributed by atoms with van der Waals surface area (Å²) in [6.45, 7) is 0. The van der Waals surface area contributed by atoms with Gasteiger partial charge in [-0.25, -0.2) is 17.9 Å². The molecule has 2 N–H and O–H groups in total. The monoisotopic (exact) mass is 348 g/mol. The molecule has 0 spiro atoms. The van der Waals surface area contributed by atoms with Crippen LogP contribution in [-0.2, 0) is 14.8 Å². The van der Waals surface area contributed by atoms with Crippen LogP contribution in [0.2, 0.25) is 0 Å². The number of amides is 1. The predicted molar refractivity (Wildman–Crippen MR) is 88.4 cm³/mol. The molecule has 0 fully saturated rings. The fraction of sp³-hybridized carbons (Fsp3) is 0.125. The lowest BCUT2D eigenvalue weighted by atomic mass is 10.1. The van der Waals surface area contributed by atoms with Gasteiger partial charge in [0.25, 0.3) is 5.91 Å². The second-order valence-electron chi connectivity index (χ2n) is 4.76. The van der Waals surface area contributed by atoms with Gasteiger partial charge in [0.15, 0.2) is 0 Å². The van der Waals surface area contributed by atoms with Gasteiger partial charge in [-0.15, -0.1) is 0 Å². The van der Waals surface area contributed by atoms with Crippen LogP contribution in [0.15, 0.2) is 53.4 Å². The average molecular weight is 348 g/mol. The molecule has 8 heteroatoms. The third-order valence-corrected chi connectivity index (χ3v) is 4.63. The molecular weight excluding hydrogens is 332 g/mol. The minimum absolute atomic E-state index is 0.0130. The SMILES string of the molecule is CNS(=O)(=O)c1cccc(C(=O)Nc2cccc(C(=O)OC)c2)c1. The number of benzene rings is 2. The van der Waals surface area contributed by atoms with E-state index in [9.17, 15) is 18.0 Å². The normalized spacial score (nSPS) is 10.9. The van der Waals surface area contributed by atoms with Crippen LogP contribution in [0.4, 0.5) is 5.69 Å². The number of nitrogens with one attached hydrogen (secondary N) is 2. The highest BCUT2D eigenvalue weighted by Gasteiger charge is 2.15. The Morgan fingerprint density at radius 1 is 1.00 bits per heavy atom. The van der Waals surface area contributed by atoms with Crippen LogP contribution in [0.3, 0.4) is 0 Å². The van der Waals surface area contributed by atoms with E-state index in [0.29, 0.717) is 11.3 Å². The van der Waals surface area contributed by atoms with Crippen molar-refractivity contribution < 1.29 is 22.7 Å². The maximum atomic E-state index is 12.3. The summed E-state index contributed by atoms with van der Waals surface area (Å²) in [5.74, 6) is -1.02. The van der Waals surface area contributed by atoms with Gasteiger partial charge in [0.05, 0.1) is 17.6 Å². The average Bonchev–Trinajstić information content (AvgIpc) is 2.61. The standard InChI is InChI=1S/C16H16N2O5S/c1-17-24(21,22)14-8-4-5-11(10-14)15(19)18-13-7-3-6-12(9-13)16(20)23-2/h3-10,17H,1-2H3,(H,18,19). The molecule has 0 aliphatic rings. The number of ether oxygens (including phenoxy) is 1. The number of esters is 1. The quantitative estimate of drug-likeness (QED) is 0.800. The molecule has 0 aliphatic heterocycles. The number of methoxy groups -OCH3 is 1. The van der Waals surface area contributed by atoms with Crippen molar-refractivity contribution in [2.45, 2.75) is 4.90 Å². The summed E-state index contributed by atoms with van der Waals surface area (Å²) in [6.07, 6.45) is 0. The Bertz CT molecular complexity index is 878. The zero-order valence-electron chi connectivity index (χ0n) is 13.1. The van der Waals surface area contributed by atoms with Crippen LogP contribution < -0.4 is 10.0 Å². The van der Waals surface area contributed by atoms with E-state index in [1.165, 1.54) is 44.5 Å². The predicted octanol–water partition coefficient (Wildman–Crippen LogP) is 1.63. The molecule has 2 aromatic rings. The fourth-order valence-electron chi connectivity index (χ4n) is 1.97. The molecule has 0 aromatic heterocycles. The molecular formula is C16H16N2O5S. The Balaban J connectivity index is 2.25. The van der Waals surface area contributed by atoms with Crippen LogP contribution in [0.1, 0.15) is 20.7 Å². The summed E-state index contributed by atoms with van der Waals surface area (Å²) in [5, 5.41) is 2.61. The van der Waals surface area contributed by atoms with Crippen LogP contribution in [0.5, 0.6) is 0 Å². The van der Waals surface area contributed by atoms with E-state index in [4.69, 9.17) is 0 Å². The molecule has 2 aromatic carbocycles. The van der Waals surface area contributed by atoms with Crippen molar-refractivity contribution in [3.05, 3.63) is 59.7 Å². The minimum Gasteiger partial charge on any atom is -0.465 e. The van der Waals surface area contributed by atoms with E-state index in [2.05, 4.69) is 14.8 Å². The largest absolute Gasteiger partial charge is 0.465 e. The molecule has 0 radical (unpaired) electrons. The van der Waals surface area contributed by atoms with Crippen LogP contribution in [-0.4, -0.2) is 34.5 Å². The number of carbonyl (C=O) groups is 2. The number of carbonyl (C=O) groups excluding carboxylic acids is 2. The number of hydrogen-bond donors (Lipinski definition) is 2. The summed E-state index contributed by atoms with van der Waals surface area (Å²) in [6, 6.07) is 11.9. The first kappa shape index (κ1) is 17.6. The highest BCUT2D eigenvalue weighted by Crippen LogP contribution is 2.15. The second-order valence-corrected chi connectivity index (χ2v) is 6.65. The van der Waals surface area contributed by atoms with Crippen molar-refractivity contribution in [1.29, 1.82) is 0 Å². The first-order chi connectivity index (χ1) is 11.4. The highest BCUT2D eigenvalue weighted by atomic mass is 32.2. The molecule has 0 saturated carbocycles. The molecule has 24 heavy (non-hydrogen) atoms. The maximum absolute atomic E-state index is 12.3. The number of anilines is 1. The van der Waals surface area contributed by atoms with E-state index >= 15 is 0 Å². The van der Waals surface area contributed by atoms with E-state index in [0.717, 1.165) is 0 Å². The molecule has 0 saturated heterocycles. The molecule has 0 aliphatic carbocycles. The lowest BCUT2D eigenvalue weighted by Crippen LogP contribution is -2.19. The third kappa shape index (κ3) is 3.98. The lowest BCUT2D eigenvalue weighted by molar-refractivity contribution is 0.0600. The molecule has 2 rings (SSSR count). The Morgan fingerprint density at radius 2 is 1.67 bits per heavy atom. The molecule has 0 bridgehead atoms. The first-order valence-electron chi connectivity index (χ1n) is 6.90. The van der Waals surface area contributed by atoms with Crippen molar-refractivity contribution in [1.82, 2.24) is 4.72 Å². The van der Waals surface area contributed by atoms with E-state index < -0.39 is 21.9 Å². The van der Waals surface area contributed by atoms with E-state index in [-0.39, 0.29) is 10.5 Å². The molecule has 126 valence electrons. The minimum atomic E-state index is -3.64. The van der Waals surface area contributed by atoms with Gasteiger partial charge in [0.1, 0.15) is 0 Å². The third-order valence-electron chi connectivity index (χ3n) is 3.22. The van der Waals surface area contributed by atoms with Gasteiger partial charge in [-0.1, -0.05) is 12.1 Å². The van der Waals surface area contributed by atoms with E-state index in [1.54, 1.807) is 18.2 Å². The van der Waals surface area contributed by atoms with Crippen molar-refractivity contribution in [3.8, 4) is 0 Å². The molecule has 1 amide bonds. The van der Waals surface area contributed by atoms with Gasteiger partial charge in [0, 0.05) is 11.3 Å². The molecule has 0 heterocycles. The summed E-state index contributed by atoms with van der Waals surface area (Å²) < 4.78 is 30.4. The molecule has 0 atom stereocenters. The smallest absolute Gasteiger partial charge is 0.337 e. The fourth-order valence-corrected chi connectivity index (χ4v) is 2.74. The summed E-state index contributed by atoms with van der Waals surface area (Å²) >= 11 is 0. The van der Waals surface area contributed by atoms with Crippen LogP contribution in [0, 0.1) is 0 Å². The van der Waals surface area contributed by atoms with Gasteiger partial charge in [0.2, 0.25) is 10.0 Å². The zero-order valence-corrected chi connectivity index (χ0v) is 13.9. The Labute approximate surface area is 139 Å². The first-order valence-corrected chi connectivity index (χ1v) is 8.39. The van der Waals surface area contributed by atoms with Crippen LogP contribution in [0.25, 0.3) is 0 Å². The summed E-state index contributed by atoms with van der Waals surface area (Å²) in [5.41, 5.74) is 0.862. The number of rotatable bonds is 5. The molecule has 7 nitrogen and oxygen atoms in total. The number of sulfonamides is 1. The summed E-state index contributed by atoms with van der Waals surface area (Å²) in [4.78, 5) is 23.8. The topological polar surface area (TPSA) is 102 Å². The van der Waals surface area contributed by atoms with Gasteiger partial charge < -0.3 is 10.1 Å². The molecule has 0 unspecified atom stereocenters. The number of hydrogen-bond acceptors (Lipinski definition) is 5. The Hall–Kier alpha value is -2.71. The zero-order chi connectivity index (χ0) is 17.7. The second kappa shape index (κ2) is 7.24. The van der Waals surface area contributed by atoms with Crippen molar-refractivity contribution in [2.24, 2.45) is 0 Å². The highest BCUT2D eigenvalue weighted by molar-refractivity contribution is 7.89. The summed E-state index contributed by atoms with van der Waals surface area (Å²) in [7, 11) is -1.08. The van der Waals surface area contributed by atoms with Gasteiger partial charge in [-0.3, -0.25) is 4.79 Å². The van der Waals surface area contributed by atoms with E-state index in [1.807, 2.05) is 0 Å². The van der Waals surface area contributed by atoms with Crippen molar-refractivity contribution >= 4 is 27.6 Å². The Morgan fingerprint density at radius 3 is 2.33 bits per heavy atom. The van der Waals surface area contributed by atoms with Crippen molar-refractivity contribution in [3.63, 3.8) is 0 Å². The maximum Gasteiger partial charge on any atom is 0.337 e. The van der Waals surface area contributed by atoms with Gasteiger partial charge >= 0.3 is 5.97 Å². The van der Waals surface area contributed by atoms with Gasteiger partial charge in [-0.2, -0.15) is 0 Å². The Kier molecular flexibility index (Phi) is 5.32. The van der Waals surface area contributed by atoms with Crippen LogP contribution >= 0.6 is 0 Å². The van der Waals surface area contributed by atoms with Gasteiger partial charge in [-0.05, 0) is 43.4 Å². The van der Waals surface area contributed by atoms with Crippen molar-refractivity contribution in [2.75, 3.05) is 19.5 Å². The lowest BCUT2D eigenvalue weighted by Gasteiger charge is -2.08.